The van der Waals surface area contributed by atoms with Crippen LogP contribution in [0.1, 0.15) is 22.9 Å². The van der Waals surface area contributed by atoms with Crippen molar-refractivity contribution < 1.29 is 9.15 Å². The molecule has 5 nitrogen and oxygen atoms in total. The Morgan fingerprint density at radius 3 is 2.84 bits per heavy atom. The molecule has 0 fully saturated rings. The molecule has 1 unspecified atom stereocenters. The van der Waals surface area contributed by atoms with E-state index in [0.717, 1.165) is 28.2 Å². The number of methoxy groups -OCH3 is 1. The van der Waals surface area contributed by atoms with Gasteiger partial charge >= 0.3 is 0 Å². The molecular weight excluding hydrogens is 314 g/mol. The van der Waals surface area contributed by atoms with Gasteiger partial charge in [-0.2, -0.15) is 5.10 Å². The normalized spacial score (nSPS) is 12.4. The minimum Gasteiger partial charge on any atom is -0.496 e. The van der Waals surface area contributed by atoms with Gasteiger partial charge in [-0.3, -0.25) is 5.32 Å². The van der Waals surface area contributed by atoms with Crippen molar-refractivity contribution in [2.45, 2.75) is 12.6 Å². The topological polar surface area (TPSA) is 51.7 Å². The fourth-order valence-electron chi connectivity index (χ4n) is 3.06. The maximum absolute atomic E-state index is 5.67. The second kappa shape index (κ2) is 6.83. The molecule has 25 heavy (non-hydrogen) atoms. The highest BCUT2D eigenvalue weighted by Crippen LogP contribution is 2.30. The quantitative estimate of drug-likeness (QED) is 0.583. The Morgan fingerprint density at radius 2 is 2.00 bits per heavy atom. The monoisotopic (exact) mass is 333 g/mol. The van der Waals surface area contributed by atoms with E-state index in [1.54, 1.807) is 13.4 Å². The summed E-state index contributed by atoms with van der Waals surface area (Å²) >= 11 is 0. The zero-order valence-corrected chi connectivity index (χ0v) is 13.9. The summed E-state index contributed by atoms with van der Waals surface area (Å²) in [6.07, 6.45) is 5.53. The Hall–Kier alpha value is -3.05. The molecule has 0 aliphatic rings. The largest absolute Gasteiger partial charge is 0.496 e. The predicted octanol–water partition coefficient (Wildman–Crippen LogP) is 3.82. The molecule has 0 spiro atoms. The van der Waals surface area contributed by atoms with Gasteiger partial charge in [-0.1, -0.05) is 24.3 Å². The van der Waals surface area contributed by atoms with Crippen LogP contribution >= 0.6 is 0 Å². The van der Waals surface area contributed by atoms with E-state index in [4.69, 9.17) is 9.15 Å². The van der Waals surface area contributed by atoms with Crippen LogP contribution in [0.25, 0.3) is 5.52 Å². The summed E-state index contributed by atoms with van der Waals surface area (Å²) in [7, 11) is 1.68. The number of rotatable bonds is 6. The first kappa shape index (κ1) is 15.5. The van der Waals surface area contributed by atoms with E-state index in [9.17, 15) is 0 Å². The standard InChI is InChI=1S/C20H19N3O2/c1-24-18-9-3-2-7-16(18)20(19-10-6-12-25-19)21-13-15-14-22-23-11-5-4-8-17(15)23/h2-12,14,20-21H,13H2,1H3. The third kappa shape index (κ3) is 3.02. The van der Waals surface area contributed by atoms with Gasteiger partial charge in [0.1, 0.15) is 11.5 Å². The van der Waals surface area contributed by atoms with Gasteiger partial charge in [-0.15, -0.1) is 0 Å². The van der Waals surface area contributed by atoms with Gasteiger partial charge < -0.3 is 9.15 Å². The molecule has 0 radical (unpaired) electrons. The zero-order chi connectivity index (χ0) is 17.1. The van der Waals surface area contributed by atoms with E-state index in [0.29, 0.717) is 6.54 Å². The molecule has 5 heteroatoms. The molecule has 4 rings (SSSR count). The molecule has 0 saturated heterocycles. The Morgan fingerprint density at radius 1 is 1.12 bits per heavy atom. The lowest BCUT2D eigenvalue weighted by Gasteiger charge is -2.19. The van der Waals surface area contributed by atoms with Gasteiger partial charge in [0.15, 0.2) is 0 Å². The van der Waals surface area contributed by atoms with Crippen molar-refractivity contribution in [2.75, 3.05) is 7.11 Å². The molecule has 126 valence electrons. The van der Waals surface area contributed by atoms with Crippen LogP contribution in [0.4, 0.5) is 0 Å². The molecule has 3 heterocycles. The highest BCUT2D eigenvalue weighted by Gasteiger charge is 2.20. The van der Waals surface area contributed by atoms with E-state index in [2.05, 4.69) is 22.5 Å². The van der Waals surface area contributed by atoms with Crippen molar-refractivity contribution in [1.82, 2.24) is 14.9 Å². The number of nitrogens with zero attached hydrogens (tertiary/aromatic N) is 2. The Balaban J connectivity index is 1.65. The SMILES string of the molecule is COc1ccccc1C(NCc1cnn2ccccc12)c1ccco1. The van der Waals surface area contributed by atoms with E-state index < -0.39 is 0 Å². The van der Waals surface area contributed by atoms with Crippen molar-refractivity contribution in [3.8, 4) is 5.75 Å². The van der Waals surface area contributed by atoms with E-state index in [-0.39, 0.29) is 6.04 Å². The molecule has 4 aromatic rings. The van der Waals surface area contributed by atoms with E-state index >= 15 is 0 Å². The number of pyridine rings is 1. The zero-order valence-electron chi connectivity index (χ0n) is 13.9. The molecule has 0 aliphatic carbocycles. The van der Waals surface area contributed by atoms with Crippen LogP contribution in [0.5, 0.6) is 5.75 Å². The molecule has 0 aliphatic heterocycles. The molecule has 1 aromatic carbocycles. The lowest BCUT2D eigenvalue weighted by molar-refractivity contribution is 0.392. The van der Waals surface area contributed by atoms with Crippen molar-refractivity contribution in [3.05, 3.63) is 90.1 Å². The van der Waals surface area contributed by atoms with Crippen LogP contribution < -0.4 is 10.1 Å². The summed E-state index contributed by atoms with van der Waals surface area (Å²) in [5.41, 5.74) is 3.26. The number of fused-ring (bicyclic) bond motifs is 1. The first-order valence-corrected chi connectivity index (χ1v) is 8.18. The van der Waals surface area contributed by atoms with Crippen LogP contribution in [0.3, 0.4) is 0 Å². The van der Waals surface area contributed by atoms with Crippen LogP contribution in [0, 0.1) is 0 Å². The second-order valence-corrected chi connectivity index (χ2v) is 5.77. The number of benzene rings is 1. The van der Waals surface area contributed by atoms with Crippen LogP contribution in [-0.4, -0.2) is 16.7 Å². The number of aromatic nitrogens is 2. The molecule has 0 amide bonds. The Labute approximate surface area is 145 Å². The van der Waals surface area contributed by atoms with Crippen LogP contribution in [0.2, 0.25) is 0 Å². The van der Waals surface area contributed by atoms with Crippen LogP contribution in [0.15, 0.2) is 77.7 Å². The molecule has 0 bridgehead atoms. The number of furan rings is 1. The molecule has 1 N–H and O–H groups in total. The van der Waals surface area contributed by atoms with Gasteiger partial charge in [-0.25, -0.2) is 4.52 Å². The molecular formula is C20H19N3O2. The summed E-state index contributed by atoms with van der Waals surface area (Å²) in [6.45, 7) is 0.664. The molecule has 1 atom stereocenters. The lowest BCUT2D eigenvalue weighted by Crippen LogP contribution is -2.22. The summed E-state index contributed by atoms with van der Waals surface area (Å²) in [5.74, 6) is 1.68. The summed E-state index contributed by atoms with van der Waals surface area (Å²) in [5, 5.41) is 7.97. The predicted molar refractivity (Wildman–Crippen MR) is 95.6 cm³/mol. The third-order valence-electron chi connectivity index (χ3n) is 4.28. The van der Waals surface area contributed by atoms with Crippen molar-refractivity contribution in [1.29, 1.82) is 0 Å². The summed E-state index contributed by atoms with van der Waals surface area (Å²) < 4.78 is 13.1. The average molecular weight is 333 g/mol. The van der Waals surface area contributed by atoms with Gasteiger partial charge in [0.25, 0.3) is 0 Å². The summed E-state index contributed by atoms with van der Waals surface area (Å²) in [4.78, 5) is 0. The number of nitrogens with one attached hydrogen (secondary N) is 1. The van der Waals surface area contributed by atoms with Crippen molar-refractivity contribution in [2.24, 2.45) is 0 Å². The minimum absolute atomic E-state index is 0.107. The molecule has 3 aromatic heterocycles. The van der Waals surface area contributed by atoms with E-state index in [1.165, 1.54) is 0 Å². The van der Waals surface area contributed by atoms with Gasteiger partial charge in [-0.05, 0) is 30.3 Å². The van der Waals surface area contributed by atoms with Gasteiger partial charge in [0.05, 0.1) is 31.1 Å². The maximum Gasteiger partial charge on any atom is 0.125 e. The number of para-hydroxylation sites is 1. The fraction of sp³-hybridized carbons (Fsp3) is 0.150. The highest BCUT2D eigenvalue weighted by atomic mass is 16.5. The van der Waals surface area contributed by atoms with Crippen LogP contribution in [-0.2, 0) is 6.54 Å². The Bertz CT molecular complexity index is 960. The second-order valence-electron chi connectivity index (χ2n) is 5.77. The first-order valence-electron chi connectivity index (χ1n) is 8.18. The third-order valence-corrected chi connectivity index (χ3v) is 4.28. The summed E-state index contributed by atoms with van der Waals surface area (Å²) in [6, 6.07) is 17.8. The number of hydrogen-bond donors (Lipinski definition) is 1. The van der Waals surface area contributed by atoms with Crippen molar-refractivity contribution >= 4 is 5.52 Å². The number of ether oxygens (including phenoxy) is 1. The fourth-order valence-corrected chi connectivity index (χ4v) is 3.06. The Kier molecular flexibility index (Phi) is 4.23. The number of hydrogen-bond acceptors (Lipinski definition) is 4. The molecule has 0 saturated carbocycles. The van der Waals surface area contributed by atoms with Gasteiger partial charge in [0, 0.05) is 23.9 Å². The highest BCUT2D eigenvalue weighted by molar-refractivity contribution is 5.53. The van der Waals surface area contributed by atoms with Gasteiger partial charge in [0.2, 0.25) is 0 Å². The first-order chi connectivity index (χ1) is 12.4. The minimum atomic E-state index is -0.107. The smallest absolute Gasteiger partial charge is 0.125 e. The van der Waals surface area contributed by atoms with Crippen molar-refractivity contribution in [3.63, 3.8) is 0 Å². The lowest BCUT2D eigenvalue weighted by atomic mass is 10.0. The maximum atomic E-state index is 5.67. The van der Waals surface area contributed by atoms with E-state index in [1.807, 2.05) is 59.4 Å². The average Bonchev–Trinajstić information content (AvgIpc) is 3.33.